The maximum Gasteiger partial charge on any atom is 0.335 e. The molecule has 0 bridgehead atoms. The Morgan fingerprint density at radius 2 is 0.961 bits per heavy atom. The third-order valence-corrected chi connectivity index (χ3v) is 7.49. The highest BCUT2D eigenvalue weighted by atomic mass is 16.4. The average molecular weight is 688 g/mol. The molecule has 0 fully saturated rings. The highest BCUT2D eigenvalue weighted by Crippen LogP contribution is 2.09. The molecule has 0 spiro atoms. The molecule has 10 nitrogen and oxygen atoms in total. The van der Waals surface area contributed by atoms with Gasteiger partial charge in [0.1, 0.15) is 0 Å². The lowest BCUT2D eigenvalue weighted by atomic mass is 10.1. The Labute approximate surface area is 298 Å². The van der Waals surface area contributed by atoms with Crippen LogP contribution in [0.1, 0.15) is 58.9 Å². The molecule has 51 heavy (non-hydrogen) atoms. The van der Waals surface area contributed by atoms with Crippen molar-refractivity contribution in [3.8, 4) is 0 Å². The lowest BCUT2D eigenvalue weighted by Gasteiger charge is -2.07. The topological polar surface area (TPSA) is 191 Å². The third-order valence-electron chi connectivity index (χ3n) is 7.49. The Morgan fingerprint density at radius 3 is 1.37 bits per heavy atom. The number of anilines is 2. The summed E-state index contributed by atoms with van der Waals surface area (Å²) in [6.45, 7) is 5.30. The zero-order valence-corrected chi connectivity index (χ0v) is 28.9. The first-order valence-corrected chi connectivity index (χ1v) is 16.4. The molecule has 3 amide bonds. The van der Waals surface area contributed by atoms with E-state index in [9.17, 15) is 19.2 Å². The Bertz CT molecular complexity index is 1910. The van der Waals surface area contributed by atoms with Crippen LogP contribution in [0.4, 0.5) is 11.4 Å². The van der Waals surface area contributed by atoms with E-state index in [4.69, 9.17) is 22.3 Å². The minimum Gasteiger partial charge on any atom is -0.478 e. The molecule has 0 saturated carbocycles. The van der Waals surface area contributed by atoms with Crippen molar-refractivity contribution >= 4 is 35.1 Å². The molecule has 0 aliphatic rings. The molecule has 0 saturated heterocycles. The summed E-state index contributed by atoms with van der Waals surface area (Å²) in [5.41, 5.74) is 24.2. The SMILES string of the molecule is Cc1ccc(CCNC(=O)c2cccc(CC(N)=O)c2)cc1.Cc1ccc(CCNC(=O)c2cccc(N)c2)cc1.Nc1cccc(C(=O)O)c1. The summed E-state index contributed by atoms with van der Waals surface area (Å²) in [6.07, 6.45) is 1.76. The van der Waals surface area contributed by atoms with E-state index in [0.29, 0.717) is 35.6 Å². The number of amides is 3. The number of nitrogens with two attached hydrogens (primary N) is 3. The number of carboxylic acid groups (broad SMARTS) is 1. The molecule has 9 N–H and O–H groups in total. The van der Waals surface area contributed by atoms with E-state index in [0.717, 1.165) is 18.4 Å². The molecular weight excluding hydrogens is 642 g/mol. The highest BCUT2D eigenvalue weighted by molar-refractivity contribution is 5.95. The second-order valence-electron chi connectivity index (χ2n) is 11.9. The molecule has 10 heteroatoms. The number of primary amides is 1. The van der Waals surface area contributed by atoms with Crippen molar-refractivity contribution < 1.29 is 24.3 Å². The molecule has 0 aliphatic carbocycles. The zero-order chi connectivity index (χ0) is 37.2. The molecule has 0 heterocycles. The Kier molecular flexibility index (Phi) is 15.4. The monoisotopic (exact) mass is 687 g/mol. The van der Waals surface area contributed by atoms with Gasteiger partial charge in [-0.05, 0) is 91.9 Å². The molecule has 0 unspecified atom stereocenters. The number of nitrogen functional groups attached to an aromatic ring is 2. The number of rotatable bonds is 11. The predicted octanol–water partition coefficient (Wildman–Crippen LogP) is 5.51. The quantitative estimate of drug-likeness (QED) is 0.0986. The first kappa shape index (κ1) is 39.0. The molecule has 0 radical (unpaired) electrons. The summed E-state index contributed by atoms with van der Waals surface area (Å²) in [7, 11) is 0. The fourth-order valence-electron chi connectivity index (χ4n) is 4.73. The van der Waals surface area contributed by atoms with Gasteiger partial charge in [0.25, 0.3) is 11.8 Å². The fraction of sp³-hybridized carbons (Fsp3) is 0.171. The molecular formula is C41H45N5O5. The summed E-state index contributed by atoms with van der Waals surface area (Å²) in [6, 6.07) is 36.7. The highest BCUT2D eigenvalue weighted by Gasteiger charge is 2.08. The summed E-state index contributed by atoms with van der Waals surface area (Å²) < 4.78 is 0. The van der Waals surface area contributed by atoms with Gasteiger partial charge in [-0.25, -0.2) is 4.79 Å². The van der Waals surface area contributed by atoms with Crippen LogP contribution in [0.3, 0.4) is 0 Å². The van der Waals surface area contributed by atoms with Gasteiger partial charge >= 0.3 is 5.97 Å². The van der Waals surface area contributed by atoms with E-state index in [1.807, 2.05) is 6.92 Å². The summed E-state index contributed by atoms with van der Waals surface area (Å²) in [5, 5.41) is 14.2. The van der Waals surface area contributed by atoms with Crippen LogP contribution in [0, 0.1) is 13.8 Å². The number of aryl methyl sites for hydroxylation is 2. The van der Waals surface area contributed by atoms with E-state index < -0.39 is 11.9 Å². The largest absolute Gasteiger partial charge is 0.478 e. The minimum absolute atomic E-state index is 0.0839. The Balaban J connectivity index is 0.000000220. The van der Waals surface area contributed by atoms with E-state index in [-0.39, 0.29) is 23.8 Å². The Morgan fingerprint density at radius 1 is 0.549 bits per heavy atom. The molecule has 5 aromatic rings. The minimum atomic E-state index is -0.952. The molecule has 0 atom stereocenters. The van der Waals surface area contributed by atoms with Crippen LogP contribution in [-0.2, 0) is 24.1 Å². The molecule has 264 valence electrons. The van der Waals surface area contributed by atoms with Gasteiger partial charge in [0.15, 0.2) is 0 Å². The smallest absolute Gasteiger partial charge is 0.335 e. The van der Waals surface area contributed by atoms with Crippen LogP contribution < -0.4 is 27.8 Å². The van der Waals surface area contributed by atoms with Gasteiger partial charge in [-0.3, -0.25) is 14.4 Å². The summed E-state index contributed by atoms with van der Waals surface area (Å²) >= 11 is 0. The second-order valence-corrected chi connectivity index (χ2v) is 11.9. The van der Waals surface area contributed by atoms with Gasteiger partial charge in [-0.1, -0.05) is 83.9 Å². The standard InChI is InChI=1S/C18H20N2O2.C16H18N2O.C7H7NO2/c1-13-5-7-14(8-6-13)9-10-20-18(22)16-4-2-3-15(11-16)12-17(19)21;1-12-5-7-13(8-6-12)9-10-18-16(19)14-3-2-4-15(17)11-14;8-6-3-1-2-5(4-6)7(9)10/h2-8,11H,9-10,12H2,1H3,(H2,19,21)(H,20,22);2-8,11H,9-10,17H2,1H3,(H,18,19);1-4H,8H2,(H,9,10). The van der Waals surface area contributed by atoms with Crippen LogP contribution in [-0.4, -0.2) is 41.9 Å². The lowest BCUT2D eigenvalue weighted by Crippen LogP contribution is -2.26. The van der Waals surface area contributed by atoms with Gasteiger partial charge in [0, 0.05) is 35.6 Å². The predicted molar refractivity (Wildman–Crippen MR) is 202 cm³/mol. The van der Waals surface area contributed by atoms with Gasteiger partial charge in [-0.2, -0.15) is 0 Å². The van der Waals surface area contributed by atoms with Crippen LogP contribution in [0.15, 0.2) is 121 Å². The number of aromatic carboxylic acids is 1. The number of hydrogen-bond acceptors (Lipinski definition) is 6. The van der Waals surface area contributed by atoms with Crippen LogP contribution >= 0.6 is 0 Å². The number of nitrogens with one attached hydrogen (secondary N) is 2. The van der Waals surface area contributed by atoms with Gasteiger partial charge < -0.3 is 32.9 Å². The number of hydrogen-bond donors (Lipinski definition) is 6. The van der Waals surface area contributed by atoms with E-state index >= 15 is 0 Å². The van der Waals surface area contributed by atoms with Crippen LogP contribution in [0.25, 0.3) is 0 Å². The Hall–Kier alpha value is -6.42. The van der Waals surface area contributed by atoms with E-state index in [1.54, 1.807) is 60.7 Å². The first-order valence-electron chi connectivity index (χ1n) is 16.4. The number of benzene rings is 5. The van der Waals surface area contributed by atoms with Crippen molar-refractivity contribution in [2.45, 2.75) is 33.1 Å². The van der Waals surface area contributed by atoms with Gasteiger partial charge in [-0.15, -0.1) is 0 Å². The van der Waals surface area contributed by atoms with Gasteiger partial charge in [0.05, 0.1) is 12.0 Å². The molecule has 0 aliphatic heterocycles. The fourth-order valence-corrected chi connectivity index (χ4v) is 4.73. The van der Waals surface area contributed by atoms with Crippen molar-refractivity contribution in [2.24, 2.45) is 5.73 Å². The average Bonchev–Trinajstić information content (AvgIpc) is 3.10. The van der Waals surface area contributed by atoms with Crippen molar-refractivity contribution in [3.63, 3.8) is 0 Å². The first-order chi connectivity index (χ1) is 24.4. The zero-order valence-electron chi connectivity index (χ0n) is 28.9. The van der Waals surface area contributed by atoms with Gasteiger partial charge in [0.2, 0.25) is 5.91 Å². The summed E-state index contributed by atoms with van der Waals surface area (Å²) in [4.78, 5) is 45.2. The van der Waals surface area contributed by atoms with Crippen molar-refractivity contribution in [1.82, 2.24) is 10.6 Å². The summed E-state index contributed by atoms with van der Waals surface area (Å²) in [5.74, 6) is -1.58. The maximum absolute atomic E-state index is 12.1. The van der Waals surface area contributed by atoms with Crippen LogP contribution in [0.5, 0.6) is 0 Å². The lowest BCUT2D eigenvalue weighted by molar-refractivity contribution is -0.117. The van der Waals surface area contributed by atoms with E-state index in [1.165, 1.54) is 34.4 Å². The number of carbonyl (C=O) groups excluding carboxylic acids is 3. The van der Waals surface area contributed by atoms with Crippen LogP contribution in [0.2, 0.25) is 0 Å². The molecule has 0 aromatic heterocycles. The van der Waals surface area contributed by atoms with Crippen molar-refractivity contribution in [2.75, 3.05) is 24.6 Å². The van der Waals surface area contributed by atoms with Crippen molar-refractivity contribution in [3.05, 3.63) is 166 Å². The molecule has 5 aromatic carbocycles. The maximum atomic E-state index is 12.1. The number of carbonyl (C=O) groups is 4. The third kappa shape index (κ3) is 14.7. The van der Waals surface area contributed by atoms with E-state index in [2.05, 4.69) is 66.1 Å². The normalized spacial score (nSPS) is 10.0. The molecule has 5 rings (SSSR count). The van der Waals surface area contributed by atoms with Crippen molar-refractivity contribution in [1.29, 1.82) is 0 Å². The second kappa shape index (κ2) is 20.2. The number of carboxylic acids is 1.